The zero-order chi connectivity index (χ0) is 13.7. The smallest absolute Gasteiger partial charge is 0.257 e. The Labute approximate surface area is 114 Å². The average Bonchev–Trinajstić information content (AvgIpc) is 2.88. The van der Waals surface area contributed by atoms with Crippen LogP contribution in [0.1, 0.15) is 17.8 Å². The number of hydrogen-bond acceptors (Lipinski definition) is 6. The third-order valence-corrected chi connectivity index (χ3v) is 3.50. The lowest BCUT2D eigenvalue weighted by Crippen LogP contribution is -2.14. The molecule has 0 aliphatic rings. The van der Waals surface area contributed by atoms with E-state index in [-0.39, 0.29) is 12.4 Å². The summed E-state index contributed by atoms with van der Waals surface area (Å²) in [7, 11) is 1.52. The van der Waals surface area contributed by atoms with Crippen LogP contribution in [0.5, 0.6) is 0 Å². The lowest BCUT2D eigenvalue weighted by Gasteiger charge is -2.05. The normalized spacial score (nSPS) is 12.6. The molecule has 0 fully saturated rings. The number of halogens is 1. The molecule has 5 nitrogen and oxygen atoms in total. The zero-order valence-corrected chi connectivity index (χ0v) is 11.2. The van der Waals surface area contributed by atoms with Crippen molar-refractivity contribution in [2.24, 2.45) is 5.73 Å². The molecule has 19 heavy (non-hydrogen) atoms. The third kappa shape index (κ3) is 3.52. The first kappa shape index (κ1) is 14.0. The molecule has 0 saturated heterocycles. The van der Waals surface area contributed by atoms with Crippen LogP contribution in [-0.4, -0.2) is 23.8 Å². The molecule has 0 aliphatic carbocycles. The van der Waals surface area contributed by atoms with Crippen molar-refractivity contribution >= 4 is 11.8 Å². The predicted molar refractivity (Wildman–Crippen MR) is 69.1 cm³/mol. The highest BCUT2D eigenvalue weighted by atomic mass is 32.2. The minimum Gasteiger partial charge on any atom is -0.370 e. The fraction of sp³-hybridized carbons (Fsp3) is 0.333. The Hall–Kier alpha value is -1.44. The maximum atomic E-state index is 13.4. The summed E-state index contributed by atoms with van der Waals surface area (Å²) in [6.07, 6.45) is -0.403. The second-order valence-electron chi connectivity index (χ2n) is 3.73. The number of aromatic nitrogens is 2. The van der Waals surface area contributed by atoms with Gasteiger partial charge in [0, 0.05) is 18.6 Å². The molecule has 0 radical (unpaired) electrons. The number of rotatable bonds is 6. The Morgan fingerprint density at radius 2 is 2.26 bits per heavy atom. The summed E-state index contributed by atoms with van der Waals surface area (Å²) in [5.41, 5.74) is 5.50. The van der Waals surface area contributed by atoms with E-state index in [2.05, 4.69) is 10.1 Å². The van der Waals surface area contributed by atoms with Crippen LogP contribution in [0.15, 0.2) is 33.7 Å². The van der Waals surface area contributed by atoms with E-state index in [1.54, 1.807) is 18.2 Å². The third-order valence-electron chi connectivity index (χ3n) is 2.45. The van der Waals surface area contributed by atoms with Crippen molar-refractivity contribution in [3.05, 3.63) is 41.8 Å². The molecule has 1 aromatic carbocycles. The average molecular weight is 283 g/mol. The molecule has 1 unspecified atom stereocenters. The van der Waals surface area contributed by atoms with Crippen LogP contribution in [0.2, 0.25) is 0 Å². The SMILES string of the molecule is COC(CN)c1nc(CSc2ccccc2F)no1. The highest BCUT2D eigenvalue weighted by molar-refractivity contribution is 7.98. The highest BCUT2D eigenvalue weighted by Crippen LogP contribution is 2.24. The predicted octanol–water partition coefficient (Wildman–Crippen LogP) is 2.15. The molecule has 0 spiro atoms. The largest absolute Gasteiger partial charge is 0.370 e. The number of benzene rings is 1. The standard InChI is InChI=1S/C12H14FN3O2S/c1-17-9(6-14)12-15-11(16-18-12)7-19-10-5-3-2-4-8(10)13/h2-5,9H,6-7,14H2,1H3. The Bertz CT molecular complexity index is 531. The van der Waals surface area contributed by atoms with Gasteiger partial charge < -0.3 is 15.0 Å². The second kappa shape index (κ2) is 6.65. The monoisotopic (exact) mass is 283 g/mol. The van der Waals surface area contributed by atoms with Crippen molar-refractivity contribution in [3.63, 3.8) is 0 Å². The molecule has 1 aromatic heterocycles. The number of ether oxygens (including phenoxy) is 1. The maximum absolute atomic E-state index is 13.4. The van der Waals surface area contributed by atoms with E-state index in [0.29, 0.717) is 22.4 Å². The summed E-state index contributed by atoms with van der Waals surface area (Å²) in [6, 6.07) is 6.55. The van der Waals surface area contributed by atoms with E-state index >= 15 is 0 Å². The second-order valence-corrected chi connectivity index (χ2v) is 4.75. The molecule has 7 heteroatoms. The van der Waals surface area contributed by atoms with Gasteiger partial charge in [-0.1, -0.05) is 17.3 Å². The van der Waals surface area contributed by atoms with Gasteiger partial charge in [-0.25, -0.2) is 4.39 Å². The first-order chi connectivity index (χ1) is 9.24. The van der Waals surface area contributed by atoms with Gasteiger partial charge in [-0.15, -0.1) is 11.8 Å². The van der Waals surface area contributed by atoms with Crippen molar-refractivity contribution in [1.82, 2.24) is 10.1 Å². The molecular formula is C12H14FN3O2S. The van der Waals surface area contributed by atoms with Crippen molar-refractivity contribution in [1.29, 1.82) is 0 Å². The van der Waals surface area contributed by atoms with E-state index in [1.165, 1.54) is 24.9 Å². The van der Waals surface area contributed by atoms with E-state index in [9.17, 15) is 4.39 Å². The Morgan fingerprint density at radius 3 is 2.95 bits per heavy atom. The molecule has 2 N–H and O–H groups in total. The van der Waals surface area contributed by atoms with Crippen LogP contribution in [0.25, 0.3) is 0 Å². The Morgan fingerprint density at radius 1 is 1.47 bits per heavy atom. The minimum atomic E-state index is -0.403. The van der Waals surface area contributed by atoms with Crippen LogP contribution in [0, 0.1) is 5.82 Å². The molecule has 2 rings (SSSR count). The van der Waals surface area contributed by atoms with E-state index in [0.717, 1.165) is 0 Å². The number of nitrogens with zero attached hydrogens (tertiary/aromatic N) is 2. The van der Waals surface area contributed by atoms with Gasteiger partial charge in [-0.2, -0.15) is 4.98 Å². The van der Waals surface area contributed by atoms with Crippen LogP contribution >= 0.6 is 11.8 Å². The van der Waals surface area contributed by atoms with E-state index in [4.69, 9.17) is 15.0 Å². The van der Waals surface area contributed by atoms with Crippen molar-refractivity contribution in [3.8, 4) is 0 Å². The van der Waals surface area contributed by atoms with Gasteiger partial charge >= 0.3 is 0 Å². The topological polar surface area (TPSA) is 74.2 Å². The van der Waals surface area contributed by atoms with E-state index in [1.807, 2.05) is 0 Å². The van der Waals surface area contributed by atoms with Gasteiger partial charge in [0.15, 0.2) is 5.82 Å². The van der Waals surface area contributed by atoms with Gasteiger partial charge in [0.2, 0.25) is 0 Å². The molecule has 0 saturated carbocycles. The summed E-state index contributed by atoms with van der Waals surface area (Å²) in [5.74, 6) is 0.992. The van der Waals surface area contributed by atoms with Gasteiger partial charge in [0.1, 0.15) is 11.9 Å². The van der Waals surface area contributed by atoms with Crippen LogP contribution in [0.4, 0.5) is 4.39 Å². The highest BCUT2D eigenvalue weighted by Gasteiger charge is 2.17. The molecular weight excluding hydrogens is 269 g/mol. The Balaban J connectivity index is 1.99. The van der Waals surface area contributed by atoms with Crippen LogP contribution in [0.3, 0.4) is 0 Å². The molecule has 0 aliphatic heterocycles. The fourth-order valence-electron chi connectivity index (χ4n) is 1.46. The summed E-state index contributed by atoms with van der Waals surface area (Å²) in [5, 5.41) is 3.81. The molecule has 2 aromatic rings. The maximum Gasteiger partial charge on any atom is 0.257 e. The molecule has 0 bridgehead atoms. The first-order valence-electron chi connectivity index (χ1n) is 5.67. The number of thioether (sulfide) groups is 1. The zero-order valence-electron chi connectivity index (χ0n) is 10.4. The fourth-order valence-corrected chi connectivity index (χ4v) is 2.24. The number of nitrogens with two attached hydrogens (primary N) is 1. The Kier molecular flexibility index (Phi) is 4.89. The summed E-state index contributed by atoms with van der Waals surface area (Å²) < 4.78 is 23.6. The minimum absolute atomic E-state index is 0.257. The van der Waals surface area contributed by atoms with Gasteiger partial charge in [-0.3, -0.25) is 0 Å². The summed E-state index contributed by atoms with van der Waals surface area (Å²) in [6.45, 7) is 0.262. The van der Waals surface area contributed by atoms with Crippen molar-refractivity contribution in [2.75, 3.05) is 13.7 Å². The molecule has 1 atom stereocenters. The first-order valence-corrected chi connectivity index (χ1v) is 6.65. The quantitative estimate of drug-likeness (QED) is 0.819. The molecule has 1 heterocycles. The van der Waals surface area contributed by atoms with Crippen LogP contribution < -0.4 is 5.73 Å². The van der Waals surface area contributed by atoms with Gasteiger partial charge in [-0.05, 0) is 12.1 Å². The lowest BCUT2D eigenvalue weighted by atomic mass is 10.3. The number of hydrogen-bond donors (Lipinski definition) is 1. The van der Waals surface area contributed by atoms with Gasteiger partial charge in [0.05, 0.1) is 5.75 Å². The molecule has 102 valence electrons. The number of methoxy groups -OCH3 is 1. The molecule has 0 amide bonds. The van der Waals surface area contributed by atoms with E-state index < -0.39 is 6.10 Å². The van der Waals surface area contributed by atoms with Crippen molar-refractivity contribution < 1.29 is 13.7 Å². The summed E-state index contributed by atoms with van der Waals surface area (Å²) in [4.78, 5) is 4.72. The van der Waals surface area contributed by atoms with Crippen molar-refractivity contribution in [2.45, 2.75) is 16.8 Å². The van der Waals surface area contributed by atoms with Crippen LogP contribution in [-0.2, 0) is 10.5 Å². The van der Waals surface area contributed by atoms with Gasteiger partial charge in [0.25, 0.3) is 5.89 Å². The summed E-state index contributed by atoms with van der Waals surface area (Å²) >= 11 is 1.31. The lowest BCUT2D eigenvalue weighted by molar-refractivity contribution is 0.0804.